The van der Waals surface area contributed by atoms with Crippen LogP contribution in [-0.2, 0) is 14.3 Å². The summed E-state index contributed by atoms with van der Waals surface area (Å²) in [5.74, 6) is -0.0532. The first-order valence-electron chi connectivity index (χ1n) is 7.70. The number of nitrogens with zero attached hydrogens (tertiary/aromatic N) is 1. The van der Waals surface area contributed by atoms with Crippen LogP contribution in [0.25, 0.3) is 0 Å². The van der Waals surface area contributed by atoms with Crippen molar-refractivity contribution in [3.05, 3.63) is 0 Å². The standard InChI is InChI=1S/C15H24N2O4/c1-14(2,3)21-13(19)17-10-4-5-11(17)7-15(6-10)9-16-12(18)8-20-15/h10-11H,4-9H2,1-3H3,(H,16,18). The molecule has 2 atom stereocenters. The molecule has 0 aromatic rings. The third-order valence-corrected chi connectivity index (χ3v) is 4.56. The van der Waals surface area contributed by atoms with Gasteiger partial charge in [-0.05, 0) is 46.5 Å². The number of ether oxygens (including phenoxy) is 2. The lowest BCUT2D eigenvalue weighted by atomic mass is 9.85. The molecule has 1 N–H and O–H groups in total. The molecule has 0 aromatic carbocycles. The minimum absolute atomic E-state index is 0.0532. The fourth-order valence-electron chi connectivity index (χ4n) is 3.76. The summed E-state index contributed by atoms with van der Waals surface area (Å²) in [5.41, 5.74) is -0.765. The van der Waals surface area contributed by atoms with Crippen LogP contribution in [0.2, 0.25) is 0 Å². The van der Waals surface area contributed by atoms with E-state index in [0.29, 0.717) is 6.54 Å². The molecule has 6 heteroatoms. The molecule has 2 amide bonds. The Hall–Kier alpha value is -1.30. The van der Waals surface area contributed by atoms with Crippen molar-refractivity contribution in [2.75, 3.05) is 13.2 Å². The molecule has 3 aliphatic heterocycles. The van der Waals surface area contributed by atoms with Gasteiger partial charge < -0.3 is 19.7 Å². The number of rotatable bonds is 0. The molecule has 3 heterocycles. The third-order valence-electron chi connectivity index (χ3n) is 4.56. The Morgan fingerprint density at radius 2 is 1.95 bits per heavy atom. The molecule has 1 spiro atoms. The Morgan fingerprint density at radius 1 is 1.33 bits per heavy atom. The summed E-state index contributed by atoms with van der Waals surface area (Å²) in [6.07, 6.45) is 3.32. The first-order valence-corrected chi connectivity index (χ1v) is 7.70. The van der Waals surface area contributed by atoms with Crippen molar-refractivity contribution in [3.63, 3.8) is 0 Å². The fraction of sp³-hybridized carbons (Fsp3) is 0.867. The van der Waals surface area contributed by atoms with Crippen LogP contribution in [0.15, 0.2) is 0 Å². The average Bonchev–Trinajstić information content (AvgIpc) is 2.65. The van der Waals surface area contributed by atoms with E-state index in [4.69, 9.17) is 9.47 Å². The SMILES string of the molecule is CC(C)(C)OC(=O)N1C2CCC1CC1(CNC(=O)CO1)C2. The summed E-state index contributed by atoms with van der Waals surface area (Å²) in [5, 5.41) is 2.90. The highest BCUT2D eigenvalue weighted by Crippen LogP contribution is 2.43. The summed E-state index contributed by atoms with van der Waals surface area (Å²) in [6, 6.07) is 0.321. The number of hydrogen-bond acceptors (Lipinski definition) is 4. The number of carbonyl (C=O) groups excluding carboxylic acids is 2. The van der Waals surface area contributed by atoms with E-state index in [9.17, 15) is 9.59 Å². The van der Waals surface area contributed by atoms with E-state index in [1.165, 1.54) is 0 Å². The average molecular weight is 296 g/mol. The zero-order chi connectivity index (χ0) is 15.3. The Morgan fingerprint density at radius 3 is 2.43 bits per heavy atom. The van der Waals surface area contributed by atoms with Gasteiger partial charge in [0.1, 0.15) is 12.2 Å². The second-order valence-electron chi connectivity index (χ2n) is 7.43. The van der Waals surface area contributed by atoms with Crippen molar-refractivity contribution in [1.29, 1.82) is 0 Å². The molecule has 3 aliphatic rings. The van der Waals surface area contributed by atoms with Crippen LogP contribution in [0.1, 0.15) is 46.5 Å². The molecular formula is C15H24N2O4. The van der Waals surface area contributed by atoms with Gasteiger partial charge >= 0.3 is 6.09 Å². The maximum Gasteiger partial charge on any atom is 0.410 e. The number of carbonyl (C=O) groups is 2. The summed E-state index contributed by atoms with van der Waals surface area (Å²) in [6.45, 7) is 6.35. The maximum atomic E-state index is 12.4. The van der Waals surface area contributed by atoms with Gasteiger partial charge in [0, 0.05) is 18.6 Å². The van der Waals surface area contributed by atoms with Crippen molar-refractivity contribution in [2.24, 2.45) is 0 Å². The molecule has 3 saturated heterocycles. The van der Waals surface area contributed by atoms with Crippen LogP contribution >= 0.6 is 0 Å². The Kier molecular flexibility index (Phi) is 3.39. The highest BCUT2D eigenvalue weighted by molar-refractivity contribution is 5.78. The predicted octanol–water partition coefficient (Wildman–Crippen LogP) is 1.43. The molecule has 21 heavy (non-hydrogen) atoms. The second-order valence-corrected chi connectivity index (χ2v) is 7.43. The molecule has 0 saturated carbocycles. The van der Waals surface area contributed by atoms with Crippen LogP contribution in [0, 0.1) is 0 Å². The van der Waals surface area contributed by atoms with Gasteiger partial charge in [-0.15, -0.1) is 0 Å². The zero-order valence-electron chi connectivity index (χ0n) is 13.0. The van der Waals surface area contributed by atoms with E-state index in [0.717, 1.165) is 25.7 Å². The molecule has 118 valence electrons. The lowest BCUT2D eigenvalue weighted by molar-refractivity contribution is -0.154. The Balaban J connectivity index is 1.70. The van der Waals surface area contributed by atoms with Gasteiger partial charge in [-0.25, -0.2) is 4.79 Å². The number of hydrogen-bond donors (Lipinski definition) is 1. The highest BCUT2D eigenvalue weighted by Gasteiger charge is 2.52. The summed E-state index contributed by atoms with van der Waals surface area (Å²) < 4.78 is 11.4. The van der Waals surface area contributed by atoms with Crippen molar-refractivity contribution < 1.29 is 19.1 Å². The quantitative estimate of drug-likeness (QED) is 0.734. The van der Waals surface area contributed by atoms with E-state index in [1.807, 2.05) is 25.7 Å². The van der Waals surface area contributed by atoms with Crippen molar-refractivity contribution >= 4 is 12.0 Å². The Labute approximate surface area is 125 Å². The van der Waals surface area contributed by atoms with E-state index in [-0.39, 0.29) is 36.3 Å². The van der Waals surface area contributed by atoms with Gasteiger partial charge in [0.05, 0.1) is 5.60 Å². The van der Waals surface area contributed by atoms with E-state index in [2.05, 4.69) is 5.32 Å². The number of piperidine rings is 1. The van der Waals surface area contributed by atoms with Crippen molar-refractivity contribution in [1.82, 2.24) is 10.2 Å². The largest absolute Gasteiger partial charge is 0.444 e. The maximum absolute atomic E-state index is 12.4. The number of morpholine rings is 1. The first kappa shape index (κ1) is 14.6. The summed E-state index contributed by atoms with van der Waals surface area (Å²) >= 11 is 0. The van der Waals surface area contributed by atoms with Crippen LogP contribution in [0.5, 0.6) is 0 Å². The molecule has 3 fully saturated rings. The van der Waals surface area contributed by atoms with Crippen LogP contribution in [-0.4, -0.2) is 53.3 Å². The van der Waals surface area contributed by atoms with E-state index in [1.54, 1.807) is 0 Å². The van der Waals surface area contributed by atoms with Crippen molar-refractivity contribution in [2.45, 2.75) is 69.7 Å². The van der Waals surface area contributed by atoms with Gasteiger partial charge in [-0.1, -0.05) is 0 Å². The van der Waals surface area contributed by atoms with Gasteiger partial charge in [0.25, 0.3) is 0 Å². The van der Waals surface area contributed by atoms with E-state index < -0.39 is 5.60 Å². The molecule has 2 unspecified atom stereocenters. The van der Waals surface area contributed by atoms with Crippen LogP contribution in [0.3, 0.4) is 0 Å². The summed E-state index contributed by atoms with van der Waals surface area (Å²) in [7, 11) is 0. The minimum Gasteiger partial charge on any atom is -0.444 e. The topological polar surface area (TPSA) is 67.9 Å². The smallest absolute Gasteiger partial charge is 0.410 e. The molecule has 3 rings (SSSR count). The Bertz CT molecular complexity index is 431. The minimum atomic E-state index is -0.471. The van der Waals surface area contributed by atoms with E-state index >= 15 is 0 Å². The molecule has 0 aromatic heterocycles. The number of fused-ring (bicyclic) bond motifs is 2. The lowest BCUT2D eigenvalue weighted by Gasteiger charge is -2.47. The van der Waals surface area contributed by atoms with Gasteiger partial charge in [-0.3, -0.25) is 4.79 Å². The fourth-order valence-corrected chi connectivity index (χ4v) is 3.76. The van der Waals surface area contributed by atoms with Gasteiger partial charge in [0.2, 0.25) is 5.91 Å². The zero-order valence-corrected chi connectivity index (χ0v) is 13.0. The molecule has 2 bridgehead atoms. The van der Waals surface area contributed by atoms with Crippen molar-refractivity contribution in [3.8, 4) is 0 Å². The first-order chi connectivity index (χ1) is 9.78. The number of nitrogens with one attached hydrogen (secondary N) is 1. The predicted molar refractivity (Wildman–Crippen MR) is 75.8 cm³/mol. The van der Waals surface area contributed by atoms with Crippen LogP contribution < -0.4 is 5.32 Å². The number of amides is 2. The monoisotopic (exact) mass is 296 g/mol. The molecule has 0 radical (unpaired) electrons. The molecular weight excluding hydrogens is 272 g/mol. The van der Waals surface area contributed by atoms with Gasteiger partial charge in [0.15, 0.2) is 0 Å². The van der Waals surface area contributed by atoms with Gasteiger partial charge in [-0.2, -0.15) is 0 Å². The molecule has 6 nitrogen and oxygen atoms in total. The molecule has 0 aliphatic carbocycles. The third kappa shape index (κ3) is 2.86. The summed E-state index contributed by atoms with van der Waals surface area (Å²) in [4.78, 5) is 25.6. The van der Waals surface area contributed by atoms with Crippen LogP contribution in [0.4, 0.5) is 4.79 Å². The normalized spacial score (nSPS) is 35.8. The highest BCUT2D eigenvalue weighted by atomic mass is 16.6. The second kappa shape index (κ2) is 4.87. The lowest BCUT2D eigenvalue weighted by Crippen LogP contribution is -2.61.